The van der Waals surface area contributed by atoms with Gasteiger partial charge in [0.25, 0.3) is 0 Å². The van der Waals surface area contributed by atoms with Crippen molar-refractivity contribution in [3.05, 3.63) is 54.4 Å². The number of hydrogen-bond donors (Lipinski definition) is 1. The first-order valence-corrected chi connectivity index (χ1v) is 9.50. The maximum absolute atomic E-state index is 12.3. The molecule has 1 aromatic heterocycles. The third-order valence-corrected chi connectivity index (χ3v) is 4.68. The Morgan fingerprint density at radius 2 is 1.96 bits per heavy atom. The minimum atomic E-state index is -0.0982. The Hall–Kier alpha value is -2.93. The van der Waals surface area contributed by atoms with E-state index in [0.29, 0.717) is 26.3 Å². The summed E-state index contributed by atoms with van der Waals surface area (Å²) >= 11 is 0. The maximum atomic E-state index is 12.3. The van der Waals surface area contributed by atoms with Gasteiger partial charge in [-0.1, -0.05) is 18.2 Å². The highest BCUT2D eigenvalue weighted by atomic mass is 16.5. The van der Waals surface area contributed by atoms with Crippen molar-refractivity contribution < 1.29 is 14.3 Å². The lowest BCUT2D eigenvalue weighted by atomic mass is 10.2. The van der Waals surface area contributed by atoms with Crippen LogP contribution >= 0.6 is 0 Å². The van der Waals surface area contributed by atoms with E-state index in [2.05, 4.69) is 15.2 Å². The van der Waals surface area contributed by atoms with Gasteiger partial charge in [-0.15, -0.1) is 0 Å². The monoisotopic (exact) mass is 382 g/mol. The number of rotatable bonds is 7. The van der Waals surface area contributed by atoms with Crippen LogP contribution < -0.4 is 15.1 Å². The number of pyridine rings is 1. The minimum Gasteiger partial charge on any atom is -0.378 e. The maximum Gasteiger partial charge on any atom is 0.223 e. The molecule has 148 valence electrons. The average molecular weight is 382 g/mol. The van der Waals surface area contributed by atoms with Gasteiger partial charge >= 0.3 is 0 Å². The van der Waals surface area contributed by atoms with E-state index in [1.54, 1.807) is 17.3 Å². The van der Waals surface area contributed by atoms with Crippen LogP contribution in [-0.4, -0.2) is 49.6 Å². The van der Waals surface area contributed by atoms with Gasteiger partial charge in [-0.2, -0.15) is 0 Å². The molecule has 7 nitrogen and oxygen atoms in total. The molecule has 2 heterocycles. The first-order chi connectivity index (χ1) is 13.6. The number of aromatic nitrogens is 1. The second-order valence-electron chi connectivity index (χ2n) is 6.65. The minimum absolute atomic E-state index is 0.0826. The molecule has 2 amide bonds. The van der Waals surface area contributed by atoms with E-state index < -0.39 is 0 Å². The van der Waals surface area contributed by atoms with Crippen molar-refractivity contribution in [1.82, 2.24) is 10.3 Å². The SMILES string of the molecule is CC(=O)N(CCC(=O)NCc1cccnc1)c1ccccc1N1CCOCC1. The second kappa shape index (κ2) is 9.85. The molecule has 1 aromatic carbocycles. The van der Waals surface area contributed by atoms with Crippen molar-refractivity contribution in [3.8, 4) is 0 Å². The summed E-state index contributed by atoms with van der Waals surface area (Å²) in [4.78, 5) is 32.5. The van der Waals surface area contributed by atoms with E-state index in [-0.39, 0.29) is 18.2 Å². The molecule has 0 unspecified atom stereocenters. The summed E-state index contributed by atoms with van der Waals surface area (Å²) in [5, 5.41) is 2.88. The molecule has 28 heavy (non-hydrogen) atoms. The lowest BCUT2D eigenvalue weighted by molar-refractivity contribution is -0.121. The van der Waals surface area contributed by atoms with Crippen molar-refractivity contribution >= 4 is 23.2 Å². The van der Waals surface area contributed by atoms with Gasteiger partial charge in [0.15, 0.2) is 0 Å². The highest BCUT2D eigenvalue weighted by Gasteiger charge is 2.21. The van der Waals surface area contributed by atoms with Crippen LogP contribution in [0.2, 0.25) is 0 Å². The zero-order chi connectivity index (χ0) is 19.8. The molecule has 1 fully saturated rings. The lowest BCUT2D eigenvalue weighted by Gasteiger charge is -2.33. The molecule has 0 spiro atoms. The number of hydrogen-bond acceptors (Lipinski definition) is 5. The summed E-state index contributed by atoms with van der Waals surface area (Å²) in [5.74, 6) is -0.181. The Morgan fingerprint density at radius 1 is 1.18 bits per heavy atom. The van der Waals surface area contributed by atoms with Crippen LogP contribution in [0.1, 0.15) is 18.9 Å². The van der Waals surface area contributed by atoms with Gasteiger partial charge in [-0.25, -0.2) is 0 Å². The van der Waals surface area contributed by atoms with Crippen molar-refractivity contribution in [2.24, 2.45) is 0 Å². The molecule has 0 saturated carbocycles. The van der Waals surface area contributed by atoms with Crippen LogP contribution in [0, 0.1) is 0 Å². The highest BCUT2D eigenvalue weighted by Crippen LogP contribution is 2.30. The number of morpholine rings is 1. The molecular formula is C21H26N4O3. The lowest BCUT2D eigenvalue weighted by Crippen LogP contribution is -2.39. The first-order valence-electron chi connectivity index (χ1n) is 9.50. The van der Waals surface area contributed by atoms with E-state index in [9.17, 15) is 9.59 Å². The third kappa shape index (κ3) is 5.29. The number of carbonyl (C=O) groups is 2. The zero-order valence-corrected chi connectivity index (χ0v) is 16.1. The fourth-order valence-electron chi connectivity index (χ4n) is 3.22. The van der Waals surface area contributed by atoms with Gasteiger partial charge in [0.05, 0.1) is 24.6 Å². The molecule has 0 atom stereocenters. The van der Waals surface area contributed by atoms with Crippen molar-refractivity contribution in [3.63, 3.8) is 0 Å². The molecule has 1 N–H and O–H groups in total. The number of ether oxygens (including phenoxy) is 1. The molecular weight excluding hydrogens is 356 g/mol. The van der Waals surface area contributed by atoms with Crippen LogP contribution in [0.4, 0.5) is 11.4 Å². The second-order valence-corrected chi connectivity index (χ2v) is 6.65. The van der Waals surface area contributed by atoms with Gasteiger partial charge in [0, 0.05) is 51.9 Å². The van der Waals surface area contributed by atoms with Crippen LogP contribution in [0.25, 0.3) is 0 Å². The van der Waals surface area contributed by atoms with Crippen LogP contribution in [0.3, 0.4) is 0 Å². The van der Waals surface area contributed by atoms with E-state index in [1.807, 2.05) is 36.4 Å². The summed E-state index contributed by atoms with van der Waals surface area (Å²) in [7, 11) is 0. The van der Waals surface area contributed by atoms with E-state index in [0.717, 1.165) is 30.0 Å². The smallest absolute Gasteiger partial charge is 0.223 e. The Bertz CT molecular complexity index is 791. The fraction of sp³-hybridized carbons (Fsp3) is 0.381. The Kier molecular flexibility index (Phi) is 6.97. The molecule has 1 aliphatic rings. The molecule has 0 bridgehead atoms. The molecule has 7 heteroatoms. The van der Waals surface area contributed by atoms with Gasteiger partial charge in [0.2, 0.25) is 11.8 Å². The predicted molar refractivity (Wildman–Crippen MR) is 108 cm³/mol. The summed E-state index contributed by atoms with van der Waals surface area (Å²) < 4.78 is 5.43. The molecule has 0 aliphatic carbocycles. The number of benzene rings is 1. The van der Waals surface area contributed by atoms with Crippen molar-refractivity contribution in [1.29, 1.82) is 0 Å². The van der Waals surface area contributed by atoms with Gasteiger partial charge in [0.1, 0.15) is 0 Å². The fourth-order valence-corrected chi connectivity index (χ4v) is 3.22. The van der Waals surface area contributed by atoms with Gasteiger partial charge in [-0.05, 0) is 23.8 Å². The largest absolute Gasteiger partial charge is 0.378 e. The normalized spacial score (nSPS) is 13.8. The summed E-state index contributed by atoms with van der Waals surface area (Å²) in [6.45, 7) is 5.20. The number of nitrogens with one attached hydrogen (secondary N) is 1. The standard InChI is InChI=1S/C21H26N4O3/c1-17(26)25(10-8-21(27)23-16-18-5-4-9-22-15-18)20-7-3-2-6-19(20)24-11-13-28-14-12-24/h2-7,9,15H,8,10-14,16H2,1H3,(H,23,27). The van der Waals surface area contributed by atoms with Gasteiger partial charge in [-0.3, -0.25) is 14.6 Å². The van der Waals surface area contributed by atoms with Crippen molar-refractivity contribution in [2.75, 3.05) is 42.6 Å². The Morgan fingerprint density at radius 3 is 2.68 bits per heavy atom. The number of para-hydroxylation sites is 2. The molecule has 1 aliphatic heterocycles. The Balaban J connectivity index is 1.64. The molecule has 0 radical (unpaired) electrons. The summed E-state index contributed by atoms with van der Waals surface area (Å²) in [6.07, 6.45) is 3.65. The Labute approximate surface area is 165 Å². The van der Waals surface area contributed by atoms with Gasteiger partial charge < -0.3 is 19.9 Å². The van der Waals surface area contributed by atoms with Crippen LogP contribution in [0.15, 0.2) is 48.8 Å². The predicted octanol–water partition coefficient (Wildman–Crippen LogP) is 1.98. The quantitative estimate of drug-likeness (QED) is 0.793. The highest BCUT2D eigenvalue weighted by molar-refractivity contribution is 5.96. The topological polar surface area (TPSA) is 74.8 Å². The summed E-state index contributed by atoms with van der Waals surface area (Å²) in [6, 6.07) is 11.6. The number of anilines is 2. The van der Waals surface area contributed by atoms with Crippen molar-refractivity contribution in [2.45, 2.75) is 19.9 Å². The van der Waals surface area contributed by atoms with E-state index in [4.69, 9.17) is 4.74 Å². The average Bonchev–Trinajstić information content (AvgIpc) is 2.74. The van der Waals surface area contributed by atoms with Crippen LogP contribution in [0.5, 0.6) is 0 Å². The number of carbonyl (C=O) groups excluding carboxylic acids is 2. The zero-order valence-electron chi connectivity index (χ0n) is 16.1. The first kappa shape index (κ1) is 19.8. The summed E-state index contributed by atoms with van der Waals surface area (Å²) in [5.41, 5.74) is 2.77. The number of nitrogens with zero attached hydrogens (tertiary/aromatic N) is 3. The van der Waals surface area contributed by atoms with E-state index in [1.165, 1.54) is 6.92 Å². The molecule has 3 rings (SSSR count). The van der Waals surface area contributed by atoms with E-state index >= 15 is 0 Å². The van der Waals surface area contributed by atoms with Crippen LogP contribution in [-0.2, 0) is 20.9 Å². The molecule has 2 aromatic rings. The molecule has 1 saturated heterocycles. The number of amides is 2. The third-order valence-electron chi connectivity index (χ3n) is 4.68.